The fraction of sp³-hybridized carbons (Fsp3) is 0.316. The van der Waals surface area contributed by atoms with Crippen LogP contribution in [0.25, 0.3) is 0 Å². The first-order chi connectivity index (χ1) is 12.5. The Balaban J connectivity index is 1.92. The van der Waals surface area contributed by atoms with Gasteiger partial charge in [-0.25, -0.2) is 4.79 Å². The molecule has 0 saturated carbocycles. The third-order valence-electron chi connectivity index (χ3n) is 3.79. The van der Waals surface area contributed by atoms with Gasteiger partial charge in [0, 0.05) is 18.0 Å². The van der Waals surface area contributed by atoms with E-state index >= 15 is 0 Å². The van der Waals surface area contributed by atoms with E-state index in [-0.39, 0.29) is 0 Å². The van der Waals surface area contributed by atoms with E-state index in [4.69, 9.17) is 0 Å². The van der Waals surface area contributed by atoms with Crippen LogP contribution >= 0.6 is 11.8 Å². The highest BCUT2D eigenvalue weighted by molar-refractivity contribution is 7.99. The van der Waals surface area contributed by atoms with Crippen molar-refractivity contribution in [3.05, 3.63) is 59.7 Å². The summed E-state index contributed by atoms with van der Waals surface area (Å²) in [7, 11) is 2.05. The third-order valence-corrected chi connectivity index (χ3v) is 4.58. The van der Waals surface area contributed by atoms with E-state index in [0.717, 1.165) is 18.7 Å². The predicted molar refractivity (Wildman–Crippen MR) is 103 cm³/mol. The maximum atomic E-state index is 12.6. The monoisotopic (exact) mass is 379 g/mol. The van der Waals surface area contributed by atoms with E-state index < -0.39 is 11.8 Å². The lowest BCUT2D eigenvalue weighted by atomic mass is 10.1. The van der Waals surface area contributed by atoms with Gasteiger partial charge < -0.3 is 15.5 Å². The second-order valence-electron chi connectivity index (χ2n) is 5.83. The zero-order valence-electron chi connectivity index (χ0n) is 14.8. The average molecular weight is 379 g/mol. The van der Waals surface area contributed by atoms with Crippen LogP contribution in [0.2, 0.25) is 0 Å². The van der Waals surface area contributed by atoms with Gasteiger partial charge in [0.1, 0.15) is 0 Å². The number of halogens is 2. The Kier molecular flexibility index (Phi) is 7.87. The van der Waals surface area contributed by atoms with E-state index in [0.29, 0.717) is 28.9 Å². The van der Waals surface area contributed by atoms with Gasteiger partial charge in [-0.3, -0.25) is 0 Å². The molecule has 2 N–H and O–H groups in total. The Labute approximate surface area is 157 Å². The molecule has 0 bridgehead atoms. The van der Waals surface area contributed by atoms with E-state index in [2.05, 4.69) is 22.5 Å². The number of carbonyl (C=O) groups excluding carboxylic acids is 1. The van der Waals surface area contributed by atoms with E-state index in [1.807, 2.05) is 31.3 Å². The van der Waals surface area contributed by atoms with Crippen molar-refractivity contribution >= 4 is 23.5 Å². The summed E-state index contributed by atoms with van der Waals surface area (Å²) in [6.07, 6.45) is 0. The number of benzene rings is 2. The molecule has 0 atom stereocenters. The second-order valence-corrected chi connectivity index (χ2v) is 6.86. The van der Waals surface area contributed by atoms with Crippen molar-refractivity contribution in [1.82, 2.24) is 10.2 Å². The minimum atomic E-state index is -2.54. The molecule has 0 aliphatic heterocycles. The number of rotatable bonds is 8. The molecule has 0 aromatic heterocycles. The van der Waals surface area contributed by atoms with Crippen LogP contribution in [-0.4, -0.2) is 30.3 Å². The minimum absolute atomic E-state index is 0.335. The van der Waals surface area contributed by atoms with Crippen molar-refractivity contribution in [2.24, 2.45) is 0 Å². The Morgan fingerprint density at radius 3 is 2.62 bits per heavy atom. The predicted octanol–water partition coefficient (Wildman–Crippen LogP) is 4.77. The maximum absolute atomic E-state index is 12.6. The van der Waals surface area contributed by atoms with Gasteiger partial charge in [0.2, 0.25) is 0 Å². The number of hydrogen-bond donors (Lipinski definition) is 2. The van der Waals surface area contributed by atoms with Crippen LogP contribution in [0.4, 0.5) is 19.3 Å². The molecule has 2 aromatic carbocycles. The Bertz CT molecular complexity index is 727. The topological polar surface area (TPSA) is 44.4 Å². The van der Waals surface area contributed by atoms with Crippen molar-refractivity contribution < 1.29 is 13.6 Å². The molecule has 0 aliphatic carbocycles. The molecule has 0 aliphatic rings. The van der Waals surface area contributed by atoms with Crippen LogP contribution in [-0.2, 0) is 13.1 Å². The molecular weight excluding hydrogens is 356 g/mol. The Morgan fingerprint density at radius 2 is 1.88 bits per heavy atom. The summed E-state index contributed by atoms with van der Waals surface area (Å²) < 4.78 is 25.2. The summed E-state index contributed by atoms with van der Waals surface area (Å²) >= 11 is 0.411. The second kappa shape index (κ2) is 10.1. The number of amides is 2. The Morgan fingerprint density at radius 1 is 1.15 bits per heavy atom. The molecule has 4 nitrogen and oxygen atoms in total. The third kappa shape index (κ3) is 6.65. The minimum Gasteiger partial charge on any atom is -0.334 e. The average Bonchev–Trinajstić information content (AvgIpc) is 2.61. The van der Waals surface area contributed by atoms with Gasteiger partial charge in [0.25, 0.3) is 5.76 Å². The molecule has 0 radical (unpaired) electrons. The molecule has 0 saturated heterocycles. The maximum Gasteiger partial charge on any atom is 0.319 e. The number of nitrogens with one attached hydrogen (secondary N) is 2. The number of anilines is 1. The van der Waals surface area contributed by atoms with Crippen molar-refractivity contribution in [2.45, 2.75) is 30.7 Å². The van der Waals surface area contributed by atoms with Crippen LogP contribution in [0.5, 0.6) is 0 Å². The molecule has 26 heavy (non-hydrogen) atoms. The summed E-state index contributed by atoms with van der Waals surface area (Å²) in [5.74, 6) is -2.54. The highest BCUT2D eigenvalue weighted by atomic mass is 32.2. The first kappa shape index (κ1) is 20.2. The van der Waals surface area contributed by atoms with Gasteiger partial charge in [-0.2, -0.15) is 8.78 Å². The van der Waals surface area contributed by atoms with Crippen LogP contribution in [0, 0.1) is 0 Å². The first-order valence-corrected chi connectivity index (χ1v) is 9.21. The van der Waals surface area contributed by atoms with Crippen molar-refractivity contribution in [2.75, 3.05) is 18.9 Å². The number of hydrogen-bond acceptors (Lipinski definition) is 3. The van der Waals surface area contributed by atoms with E-state index in [9.17, 15) is 13.6 Å². The van der Waals surface area contributed by atoms with Gasteiger partial charge in [0.05, 0.1) is 5.69 Å². The van der Waals surface area contributed by atoms with E-state index in [1.54, 1.807) is 24.3 Å². The molecule has 2 aromatic rings. The normalized spacial score (nSPS) is 11.0. The highest BCUT2D eigenvalue weighted by Crippen LogP contribution is 2.31. The van der Waals surface area contributed by atoms with Crippen LogP contribution in [0.3, 0.4) is 0 Å². The zero-order chi connectivity index (χ0) is 18.9. The molecule has 0 fully saturated rings. The van der Waals surface area contributed by atoms with Gasteiger partial charge in [-0.15, -0.1) is 0 Å². The SMILES string of the molecule is CCN(C)Cc1cccc(CNC(=O)Nc2ccccc2SC(F)F)c1. The quantitative estimate of drug-likeness (QED) is 0.649. The summed E-state index contributed by atoms with van der Waals surface area (Å²) in [6, 6.07) is 14.1. The standard InChI is InChI=1S/C19H23F2N3OS/c1-3-24(2)13-15-8-6-7-14(11-15)12-22-19(25)23-16-9-4-5-10-17(16)26-18(20)21/h4-11,18H,3,12-13H2,1-2H3,(H2,22,23,25). The number of thioether (sulfide) groups is 1. The zero-order valence-corrected chi connectivity index (χ0v) is 15.7. The molecule has 2 rings (SSSR count). The number of nitrogens with zero attached hydrogens (tertiary/aromatic N) is 1. The van der Waals surface area contributed by atoms with Crippen molar-refractivity contribution in [3.8, 4) is 0 Å². The lowest BCUT2D eigenvalue weighted by Crippen LogP contribution is -2.28. The van der Waals surface area contributed by atoms with Crippen molar-refractivity contribution in [1.29, 1.82) is 0 Å². The molecule has 140 valence electrons. The molecule has 7 heteroatoms. The lowest BCUT2D eigenvalue weighted by molar-refractivity contribution is 0.250. The summed E-state index contributed by atoms with van der Waals surface area (Å²) in [5.41, 5.74) is 2.53. The fourth-order valence-electron chi connectivity index (χ4n) is 2.38. The largest absolute Gasteiger partial charge is 0.334 e. The summed E-state index contributed by atoms with van der Waals surface area (Å²) in [4.78, 5) is 14.6. The smallest absolute Gasteiger partial charge is 0.319 e. The molecule has 0 spiro atoms. The molecule has 0 unspecified atom stereocenters. The fourth-order valence-corrected chi connectivity index (χ4v) is 2.97. The van der Waals surface area contributed by atoms with Crippen LogP contribution < -0.4 is 10.6 Å². The van der Waals surface area contributed by atoms with E-state index in [1.165, 1.54) is 5.56 Å². The number of para-hydroxylation sites is 1. The van der Waals surface area contributed by atoms with Crippen LogP contribution in [0.1, 0.15) is 18.1 Å². The lowest BCUT2D eigenvalue weighted by Gasteiger charge is -2.15. The summed E-state index contributed by atoms with van der Waals surface area (Å²) in [6.45, 7) is 4.26. The number of carbonyl (C=O) groups is 1. The molecule has 2 amide bonds. The Hall–Kier alpha value is -2.12. The van der Waals surface area contributed by atoms with Crippen molar-refractivity contribution in [3.63, 3.8) is 0 Å². The molecular formula is C19H23F2N3OS. The number of alkyl halides is 2. The van der Waals surface area contributed by atoms with Crippen LogP contribution in [0.15, 0.2) is 53.4 Å². The number of urea groups is 1. The first-order valence-electron chi connectivity index (χ1n) is 8.33. The van der Waals surface area contributed by atoms with Gasteiger partial charge in [0.15, 0.2) is 0 Å². The molecule has 0 heterocycles. The van der Waals surface area contributed by atoms with Gasteiger partial charge in [-0.05, 0) is 36.9 Å². The van der Waals surface area contributed by atoms with Gasteiger partial charge >= 0.3 is 6.03 Å². The summed E-state index contributed by atoms with van der Waals surface area (Å²) in [5, 5.41) is 5.39. The highest BCUT2D eigenvalue weighted by Gasteiger charge is 2.11. The van der Waals surface area contributed by atoms with Gasteiger partial charge in [-0.1, -0.05) is 55.1 Å².